The topological polar surface area (TPSA) is 41.6 Å². The summed E-state index contributed by atoms with van der Waals surface area (Å²) in [5.41, 5.74) is 0. The molecule has 0 radical (unpaired) electrons. The predicted molar refractivity (Wildman–Crippen MR) is 73.6 cm³/mol. The van der Waals surface area contributed by atoms with E-state index in [-0.39, 0.29) is 12.0 Å². The average molecular weight is 256 g/mol. The number of hydrogen-bond donors (Lipinski definition) is 1. The molecule has 0 heterocycles. The molecule has 1 unspecified atom stereocenters. The van der Waals surface area contributed by atoms with Crippen LogP contribution < -0.4 is 5.32 Å². The van der Waals surface area contributed by atoms with Crippen molar-refractivity contribution in [2.24, 2.45) is 0 Å². The number of carbonyl (C=O) groups excluding carboxylic acids is 1. The van der Waals surface area contributed by atoms with Crippen LogP contribution in [-0.2, 0) is 9.53 Å². The van der Waals surface area contributed by atoms with Gasteiger partial charge in [-0.2, -0.15) is 0 Å². The third-order valence-electron chi connectivity index (χ3n) is 3.30. The minimum atomic E-state index is -0.174. The van der Waals surface area contributed by atoms with Crippen LogP contribution in [0.25, 0.3) is 0 Å². The number of nitrogens with one attached hydrogen (secondary N) is 1. The highest BCUT2D eigenvalue weighted by atomic mass is 16.5. The summed E-state index contributed by atoms with van der Waals surface area (Å²) in [6.45, 7) is 9.24. The van der Waals surface area contributed by atoms with Crippen molar-refractivity contribution in [3.8, 4) is 0 Å². The lowest BCUT2D eigenvalue weighted by Crippen LogP contribution is -2.47. The fourth-order valence-corrected chi connectivity index (χ4v) is 2.17. The number of carbonyl (C=O) groups is 1. The van der Waals surface area contributed by atoms with Crippen LogP contribution >= 0.6 is 0 Å². The Morgan fingerprint density at radius 3 is 2.61 bits per heavy atom. The fraction of sp³-hybridized carbons (Fsp3) is 0.929. The van der Waals surface area contributed by atoms with Gasteiger partial charge in [0.25, 0.3) is 0 Å². The van der Waals surface area contributed by atoms with Gasteiger partial charge in [-0.05, 0) is 39.3 Å². The van der Waals surface area contributed by atoms with Gasteiger partial charge >= 0.3 is 5.97 Å². The average Bonchev–Trinajstić information content (AvgIpc) is 3.17. The van der Waals surface area contributed by atoms with Gasteiger partial charge in [-0.15, -0.1) is 0 Å². The lowest BCUT2D eigenvalue weighted by molar-refractivity contribution is -0.146. The van der Waals surface area contributed by atoms with Gasteiger partial charge < -0.3 is 10.1 Å². The highest BCUT2D eigenvalue weighted by Gasteiger charge is 2.32. The number of esters is 1. The van der Waals surface area contributed by atoms with E-state index in [9.17, 15) is 4.79 Å². The van der Waals surface area contributed by atoms with Crippen LogP contribution in [0.15, 0.2) is 0 Å². The Morgan fingerprint density at radius 2 is 2.11 bits per heavy atom. The van der Waals surface area contributed by atoms with Crippen molar-refractivity contribution in [2.45, 2.75) is 58.5 Å². The number of rotatable bonds is 10. The third kappa shape index (κ3) is 5.36. The molecule has 0 saturated heterocycles. The molecule has 4 nitrogen and oxygen atoms in total. The van der Waals surface area contributed by atoms with Gasteiger partial charge in [0, 0.05) is 12.6 Å². The summed E-state index contributed by atoms with van der Waals surface area (Å²) in [4.78, 5) is 14.3. The zero-order chi connectivity index (χ0) is 13.4. The molecule has 0 aliphatic heterocycles. The molecule has 0 amide bonds. The fourth-order valence-electron chi connectivity index (χ4n) is 2.17. The zero-order valence-corrected chi connectivity index (χ0v) is 12.1. The molecule has 106 valence electrons. The Bertz CT molecular complexity index is 242. The largest absolute Gasteiger partial charge is 0.465 e. The predicted octanol–water partition coefficient (Wildman–Crippen LogP) is 1.79. The molecule has 18 heavy (non-hydrogen) atoms. The maximum absolute atomic E-state index is 11.9. The summed E-state index contributed by atoms with van der Waals surface area (Å²) in [6.07, 6.45) is 4.98. The minimum absolute atomic E-state index is 0.110. The number of hydrogen-bond acceptors (Lipinski definition) is 4. The summed E-state index contributed by atoms with van der Waals surface area (Å²) in [6, 6.07) is 0.527. The molecule has 1 fully saturated rings. The lowest BCUT2D eigenvalue weighted by Gasteiger charge is -2.26. The van der Waals surface area contributed by atoms with Gasteiger partial charge in [0.15, 0.2) is 0 Å². The van der Waals surface area contributed by atoms with E-state index in [0.717, 1.165) is 19.6 Å². The minimum Gasteiger partial charge on any atom is -0.465 e. The number of ether oxygens (including phenoxy) is 1. The Balaban J connectivity index is 2.47. The molecule has 1 atom stereocenters. The molecule has 1 rings (SSSR count). The van der Waals surface area contributed by atoms with E-state index in [1.165, 1.54) is 25.7 Å². The Morgan fingerprint density at radius 1 is 1.39 bits per heavy atom. The number of likely N-dealkylation sites (N-methyl/N-ethyl adjacent to an activating group) is 1. The van der Waals surface area contributed by atoms with Crippen LogP contribution in [0, 0.1) is 0 Å². The van der Waals surface area contributed by atoms with E-state index in [4.69, 9.17) is 4.74 Å². The van der Waals surface area contributed by atoms with Crippen molar-refractivity contribution in [2.75, 3.05) is 26.2 Å². The number of nitrogens with zero attached hydrogens (tertiary/aromatic N) is 1. The molecule has 0 bridgehead atoms. The molecule has 4 heteroatoms. The third-order valence-corrected chi connectivity index (χ3v) is 3.30. The lowest BCUT2D eigenvalue weighted by atomic mass is 10.2. The van der Waals surface area contributed by atoms with Gasteiger partial charge in [-0.1, -0.05) is 20.3 Å². The highest BCUT2D eigenvalue weighted by Crippen LogP contribution is 2.27. The Kier molecular flexibility index (Phi) is 7.28. The van der Waals surface area contributed by atoms with Crippen molar-refractivity contribution >= 4 is 5.97 Å². The van der Waals surface area contributed by atoms with Crippen LogP contribution in [0.5, 0.6) is 0 Å². The normalized spacial score (nSPS) is 16.9. The van der Waals surface area contributed by atoms with Gasteiger partial charge in [0.1, 0.15) is 6.04 Å². The molecule has 1 saturated carbocycles. The zero-order valence-electron chi connectivity index (χ0n) is 12.1. The summed E-state index contributed by atoms with van der Waals surface area (Å²) in [5, 5.41) is 3.24. The molecular formula is C14H28N2O2. The first kappa shape index (κ1) is 15.4. The van der Waals surface area contributed by atoms with Crippen molar-refractivity contribution in [1.29, 1.82) is 0 Å². The second-order valence-electron chi connectivity index (χ2n) is 4.94. The summed E-state index contributed by atoms with van der Waals surface area (Å²) in [5.74, 6) is -0.110. The second kappa shape index (κ2) is 8.48. The van der Waals surface area contributed by atoms with Crippen LogP contribution in [0.3, 0.4) is 0 Å². The van der Waals surface area contributed by atoms with E-state index >= 15 is 0 Å². The van der Waals surface area contributed by atoms with Crippen molar-refractivity contribution < 1.29 is 9.53 Å². The van der Waals surface area contributed by atoms with E-state index < -0.39 is 0 Å². The monoisotopic (exact) mass is 256 g/mol. The van der Waals surface area contributed by atoms with Crippen LogP contribution in [0.1, 0.15) is 46.5 Å². The maximum atomic E-state index is 11.9. The van der Waals surface area contributed by atoms with Crippen molar-refractivity contribution in [3.05, 3.63) is 0 Å². The molecule has 1 N–H and O–H groups in total. The van der Waals surface area contributed by atoms with E-state index in [1.807, 2.05) is 13.8 Å². The first-order valence-electron chi connectivity index (χ1n) is 7.36. The van der Waals surface area contributed by atoms with Gasteiger partial charge in [-0.25, -0.2) is 0 Å². The Hall–Kier alpha value is -0.610. The number of unbranched alkanes of at least 4 members (excludes halogenated alkanes) is 1. The quantitative estimate of drug-likeness (QED) is 0.605. The molecule has 0 spiro atoms. The van der Waals surface area contributed by atoms with Crippen LogP contribution in [-0.4, -0.2) is 49.2 Å². The summed E-state index contributed by atoms with van der Waals surface area (Å²) in [7, 11) is 0. The summed E-state index contributed by atoms with van der Waals surface area (Å²) < 4.78 is 5.13. The first-order chi connectivity index (χ1) is 8.72. The summed E-state index contributed by atoms with van der Waals surface area (Å²) >= 11 is 0. The second-order valence-corrected chi connectivity index (χ2v) is 4.94. The standard InChI is InChI=1S/C14H28N2O2/c1-4-7-10-16(12-8-9-12)11-13(15-5-2)14(17)18-6-3/h12-13,15H,4-11H2,1-3H3. The highest BCUT2D eigenvalue weighted by molar-refractivity contribution is 5.76. The van der Waals surface area contributed by atoms with Crippen molar-refractivity contribution in [1.82, 2.24) is 10.2 Å². The van der Waals surface area contributed by atoms with Crippen molar-refractivity contribution in [3.63, 3.8) is 0 Å². The van der Waals surface area contributed by atoms with E-state index in [2.05, 4.69) is 17.1 Å². The van der Waals surface area contributed by atoms with E-state index in [1.54, 1.807) is 0 Å². The molecule has 0 aromatic heterocycles. The van der Waals surface area contributed by atoms with Crippen LogP contribution in [0.4, 0.5) is 0 Å². The van der Waals surface area contributed by atoms with Gasteiger partial charge in [-0.3, -0.25) is 9.69 Å². The SMILES string of the molecule is CCCCN(CC(NCC)C(=O)OCC)C1CC1. The van der Waals surface area contributed by atoms with Gasteiger partial charge in [0.05, 0.1) is 6.61 Å². The first-order valence-corrected chi connectivity index (χ1v) is 7.36. The molecule has 0 aromatic carbocycles. The molecule has 0 aromatic rings. The smallest absolute Gasteiger partial charge is 0.324 e. The maximum Gasteiger partial charge on any atom is 0.324 e. The van der Waals surface area contributed by atoms with E-state index in [0.29, 0.717) is 12.6 Å². The molecule has 1 aliphatic carbocycles. The molecule has 1 aliphatic rings. The Labute approximate surface area is 111 Å². The van der Waals surface area contributed by atoms with Gasteiger partial charge in [0.2, 0.25) is 0 Å². The van der Waals surface area contributed by atoms with Crippen LogP contribution in [0.2, 0.25) is 0 Å². The molecular weight excluding hydrogens is 228 g/mol.